The minimum absolute atomic E-state index is 0.181. The summed E-state index contributed by atoms with van der Waals surface area (Å²) in [5, 5.41) is 0. The summed E-state index contributed by atoms with van der Waals surface area (Å²) in [7, 11) is 0.824. The van der Waals surface area contributed by atoms with Crippen LogP contribution in [0.15, 0.2) is 24.3 Å². The van der Waals surface area contributed by atoms with E-state index in [9.17, 15) is 8.42 Å². The lowest BCUT2D eigenvalue weighted by Crippen LogP contribution is -2.41. The lowest BCUT2D eigenvalue weighted by Gasteiger charge is -2.31. The zero-order chi connectivity index (χ0) is 14.0. The quantitative estimate of drug-likeness (QED) is 0.833. The molecule has 0 spiro atoms. The van der Waals surface area contributed by atoms with Gasteiger partial charge in [0, 0.05) is 32.9 Å². The maximum atomic E-state index is 11.6. The fourth-order valence-corrected chi connectivity index (χ4v) is 2.93. The van der Waals surface area contributed by atoms with Gasteiger partial charge in [-0.15, -0.1) is 0 Å². The normalized spacial score (nSPS) is 21.3. The Morgan fingerprint density at radius 2 is 1.89 bits per heavy atom. The Morgan fingerprint density at radius 3 is 2.42 bits per heavy atom. The van der Waals surface area contributed by atoms with Gasteiger partial charge >= 0.3 is 0 Å². The fraction of sp³-hybridized carbons (Fsp3) is 0.538. The summed E-state index contributed by atoms with van der Waals surface area (Å²) in [5.41, 5.74) is 2.12. The molecule has 1 aliphatic rings. The van der Waals surface area contributed by atoms with Gasteiger partial charge in [0.1, 0.15) is 0 Å². The van der Waals surface area contributed by atoms with E-state index in [2.05, 4.69) is 0 Å². The fourth-order valence-electron chi connectivity index (χ4n) is 2.12. The summed E-state index contributed by atoms with van der Waals surface area (Å²) in [4.78, 5) is 2.02. The molecular formula is C13H20N2O3S. The number of hydrogen-bond acceptors (Lipinski definition) is 4. The largest absolute Gasteiger partial charge is 0.378 e. The third-order valence-electron chi connectivity index (χ3n) is 3.28. The van der Waals surface area contributed by atoms with Crippen LogP contribution in [0, 0.1) is 0 Å². The van der Waals surface area contributed by atoms with Gasteiger partial charge in [-0.2, -0.15) is 4.31 Å². The van der Waals surface area contributed by atoms with E-state index in [4.69, 9.17) is 4.74 Å². The molecule has 1 atom stereocenters. The molecular weight excluding hydrogens is 264 g/mol. The van der Waals surface area contributed by atoms with E-state index in [1.165, 1.54) is 10.6 Å². The molecule has 0 amide bonds. The summed E-state index contributed by atoms with van der Waals surface area (Å²) in [6, 6.07) is 8.01. The second kappa shape index (κ2) is 5.48. The molecule has 1 saturated heterocycles. The minimum Gasteiger partial charge on any atom is -0.378 e. The number of sulfonamides is 1. The first-order valence-electron chi connectivity index (χ1n) is 6.22. The average molecular weight is 284 g/mol. The van der Waals surface area contributed by atoms with Gasteiger partial charge in [0.25, 0.3) is 0 Å². The van der Waals surface area contributed by atoms with Crippen molar-refractivity contribution in [2.75, 3.05) is 44.9 Å². The SMILES string of the molecule is CN(C)c1ccc(C2CN(S(C)(=O)=O)CCO2)cc1. The van der Waals surface area contributed by atoms with Crippen molar-refractivity contribution in [3.8, 4) is 0 Å². The summed E-state index contributed by atoms with van der Waals surface area (Å²) in [6.07, 6.45) is 1.06. The maximum Gasteiger partial charge on any atom is 0.211 e. The van der Waals surface area contributed by atoms with E-state index >= 15 is 0 Å². The number of rotatable bonds is 3. The highest BCUT2D eigenvalue weighted by atomic mass is 32.2. The van der Waals surface area contributed by atoms with E-state index in [1.807, 2.05) is 43.3 Å². The second-order valence-corrected chi connectivity index (χ2v) is 6.95. The van der Waals surface area contributed by atoms with Crippen LogP contribution >= 0.6 is 0 Å². The number of hydrogen-bond donors (Lipinski definition) is 0. The van der Waals surface area contributed by atoms with Gasteiger partial charge < -0.3 is 9.64 Å². The van der Waals surface area contributed by atoms with Crippen LogP contribution in [0.25, 0.3) is 0 Å². The molecule has 1 fully saturated rings. The molecule has 1 unspecified atom stereocenters. The molecule has 6 heteroatoms. The van der Waals surface area contributed by atoms with Crippen molar-refractivity contribution in [3.05, 3.63) is 29.8 Å². The Kier molecular flexibility index (Phi) is 4.13. The standard InChI is InChI=1S/C13H20N2O3S/c1-14(2)12-6-4-11(5-7-12)13-10-15(8-9-18-13)19(3,16)17/h4-7,13H,8-10H2,1-3H3. The van der Waals surface area contributed by atoms with Crippen LogP contribution in [0.5, 0.6) is 0 Å². The summed E-state index contributed by atoms with van der Waals surface area (Å²) in [6.45, 7) is 1.26. The molecule has 0 N–H and O–H groups in total. The number of morpholine rings is 1. The van der Waals surface area contributed by atoms with Crippen molar-refractivity contribution in [2.45, 2.75) is 6.10 Å². The predicted molar refractivity (Wildman–Crippen MR) is 75.9 cm³/mol. The molecule has 106 valence electrons. The van der Waals surface area contributed by atoms with Crippen LogP contribution in [0.2, 0.25) is 0 Å². The third kappa shape index (κ3) is 3.46. The Hall–Kier alpha value is -1.11. The second-order valence-electron chi connectivity index (χ2n) is 4.97. The highest BCUT2D eigenvalue weighted by Crippen LogP contribution is 2.25. The van der Waals surface area contributed by atoms with Crippen molar-refractivity contribution >= 4 is 15.7 Å². The monoisotopic (exact) mass is 284 g/mol. The van der Waals surface area contributed by atoms with E-state index in [-0.39, 0.29) is 6.10 Å². The molecule has 0 aromatic heterocycles. The molecule has 1 aliphatic heterocycles. The molecule has 2 rings (SSSR count). The van der Waals surface area contributed by atoms with Gasteiger partial charge in [0.05, 0.1) is 19.0 Å². The Labute approximate surface area is 114 Å². The van der Waals surface area contributed by atoms with E-state index < -0.39 is 10.0 Å². The molecule has 0 radical (unpaired) electrons. The van der Waals surface area contributed by atoms with Crippen LogP contribution in [0.1, 0.15) is 11.7 Å². The van der Waals surface area contributed by atoms with Crippen LogP contribution < -0.4 is 4.90 Å². The first-order chi connectivity index (χ1) is 8.88. The third-order valence-corrected chi connectivity index (χ3v) is 4.55. The van der Waals surface area contributed by atoms with Crippen molar-refractivity contribution in [2.24, 2.45) is 0 Å². The highest BCUT2D eigenvalue weighted by molar-refractivity contribution is 7.88. The van der Waals surface area contributed by atoms with Crippen LogP contribution in [-0.4, -0.2) is 52.8 Å². The number of benzene rings is 1. The number of nitrogens with zero attached hydrogens (tertiary/aromatic N) is 2. The first-order valence-corrected chi connectivity index (χ1v) is 8.07. The van der Waals surface area contributed by atoms with E-state index in [0.717, 1.165) is 11.3 Å². The molecule has 19 heavy (non-hydrogen) atoms. The van der Waals surface area contributed by atoms with Gasteiger partial charge in [0.15, 0.2) is 0 Å². The molecule has 1 aromatic carbocycles. The Balaban J connectivity index is 2.13. The molecule has 0 bridgehead atoms. The van der Waals surface area contributed by atoms with Crippen molar-refractivity contribution in [3.63, 3.8) is 0 Å². The minimum atomic E-state index is -3.14. The van der Waals surface area contributed by atoms with E-state index in [1.54, 1.807) is 0 Å². The van der Waals surface area contributed by atoms with Crippen molar-refractivity contribution < 1.29 is 13.2 Å². The lowest BCUT2D eigenvalue weighted by atomic mass is 10.1. The smallest absolute Gasteiger partial charge is 0.211 e. The van der Waals surface area contributed by atoms with Gasteiger partial charge in [0.2, 0.25) is 10.0 Å². The zero-order valence-corrected chi connectivity index (χ0v) is 12.4. The zero-order valence-electron chi connectivity index (χ0n) is 11.5. The molecule has 0 aliphatic carbocycles. The molecule has 5 nitrogen and oxygen atoms in total. The molecule has 1 heterocycles. The summed E-state index contributed by atoms with van der Waals surface area (Å²) >= 11 is 0. The van der Waals surface area contributed by atoms with E-state index in [0.29, 0.717) is 19.7 Å². The summed E-state index contributed by atoms with van der Waals surface area (Å²) < 4.78 is 30.3. The Bertz CT molecular complexity index is 525. The summed E-state index contributed by atoms with van der Waals surface area (Å²) in [5.74, 6) is 0. The molecule has 1 aromatic rings. The van der Waals surface area contributed by atoms with Crippen LogP contribution in [0.3, 0.4) is 0 Å². The molecule has 0 saturated carbocycles. The predicted octanol–water partition coefficient (Wildman–Crippen LogP) is 1.09. The van der Waals surface area contributed by atoms with Gasteiger partial charge in [-0.25, -0.2) is 8.42 Å². The van der Waals surface area contributed by atoms with Gasteiger partial charge in [-0.05, 0) is 17.7 Å². The highest BCUT2D eigenvalue weighted by Gasteiger charge is 2.27. The van der Waals surface area contributed by atoms with Crippen LogP contribution in [0.4, 0.5) is 5.69 Å². The van der Waals surface area contributed by atoms with Crippen molar-refractivity contribution in [1.82, 2.24) is 4.31 Å². The number of anilines is 1. The number of ether oxygens (including phenoxy) is 1. The maximum absolute atomic E-state index is 11.6. The topological polar surface area (TPSA) is 49.9 Å². The first kappa shape index (κ1) is 14.3. The lowest BCUT2D eigenvalue weighted by molar-refractivity contribution is -0.00233. The van der Waals surface area contributed by atoms with Gasteiger partial charge in [-0.3, -0.25) is 0 Å². The van der Waals surface area contributed by atoms with Gasteiger partial charge in [-0.1, -0.05) is 12.1 Å². The van der Waals surface area contributed by atoms with Crippen LogP contribution in [-0.2, 0) is 14.8 Å². The van der Waals surface area contributed by atoms with Crippen molar-refractivity contribution in [1.29, 1.82) is 0 Å². The average Bonchev–Trinajstić information content (AvgIpc) is 2.38. The Morgan fingerprint density at radius 1 is 1.26 bits per heavy atom.